The van der Waals surface area contributed by atoms with Crippen LogP contribution in [0.2, 0.25) is 0 Å². The van der Waals surface area contributed by atoms with Crippen LogP contribution in [0.5, 0.6) is 0 Å². The molecule has 1 N–H and O–H groups in total. The molecular weight excluding hydrogens is 188 g/mol. The van der Waals surface area contributed by atoms with E-state index in [9.17, 15) is 8.42 Å². The highest BCUT2D eigenvalue weighted by Crippen LogP contribution is 2.01. The van der Waals surface area contributed by atoms with Gasteiger partial charge in [0.2, 0.25) is 0 Å². The van der Waals surface area contributed by atoms with Gasteiger partial charge in [-0.15, -0.1) is 0 Å². The maximum atomic E-state index is 11.1. The molecule has 13 heavy (non-hydrogen) atoms. The van der Waals surface area contributed by atoms with Crippen molar-refractivity contribution < 1.29 is 8.42 Å². The van der Waals surface area contributed by atoms with Crippen LogP contribution in [0, 0.1) is 0 Å². The zero-order valence-corrected chi connectivity index (χ0v) is 9.10. The van der Waals surface area contributed by atoms with Crippen LogP contribution in [0.15, 0.2) is 0 Å². The lowest BCUT2D eigenvalue weighted by molar-refractivity contribution is 0.263. The van der Waals surface area contributed by atoms with Gasteiger partial charge in [-0.05, 0) is 13.8 Å². The summed E-state index contributed by atoms with van der Waals surface area (Å²) < 4.78 is 22.2. The maximum absolute atomic E-state index is 11.1. The molecule has 5 heteroatoms. The van der Waals surface area contributed by atoms with Crippen molar-refractivity contribution in [3.05, 3.63) is 0 Å². The van der Waals surface area contributed by atoms with Crippen LogP contribution in [0.4, 0.5) is 0 Å². The minimum atomic E-state index is -2.72. The summed E-state index contributed by atoms with van der Waals surface area (Å²) in [6.07, 6.45) is 0. The first-order valence-electron chi connectivity index (χ1n) is 4.66. The van der Waals surface area contributed by atoms with Crippen LogP contribution in [-0.4, -0.2) is 50.6 Å². The third kappa shape index (κ3) is 4.06. The first-order chi connectivity index (χ1) is 5.99. The Morgan fingerprint density at radius 2 is 1.85 bits per heavy atom. The lowest BCUT2D eigenvalue weighted by Gasteiger charge is -2.27. The number of nitrogens with one attached hydrogen (secondary N) is 1. The van der Waals surface area contributed by atoms with Crippen molar-refractivity contribution in [3.8, 4) is 0 Å². The number of hydrogen-bond acceptors (Lipinski definition) is 4. The molecule has 0 amide bonds. The lowest BCUT2D eigenvalue weighted by Crippen LogP contribution is -2.46. The fourth-order valence-electron chi connectivity index (χ4n) is 1.22. The predicted molar refractivity (Wildman–Crippen MR) is 53.4 cm³/mol. The molecule has 0 aliphatic carbocycles. The summed E-state index contributed by atoms with van der Waals surface area (Å²) in [7, 11) is -2.72. The minimum absolute atomic E-state index is 0.312. The SMILES string of the molecule is CC(C)NCN1CCS(=O)(=O)CC1. The van der Waals surface area contributed by atoms with Gasteiger partial charge in [0.15, 0.2) is 9.84 Å². The molecule has 0 aromatic carbocycles. The Bertz CT molecular complexity index is 235. The number of hydrogen-bond donors (Lipinski definition) is 1. The normalized spacial score (nSPS) is 23.6. The number of nitrogens with zero attached hydrogens (tertiary/aromatic N) is 1. The molecule has 1 aliphatic heterocycles. The van der Waals surface area contributed by atoms with E-state index in [1.807, 2.05) is 0 Å². The topological polar surface area (TPSA) is 49.4 Å². The van der Waals surface area contributed by atoms with E-state index in [0.717, 1.165) is 6.67 Å². The minimum Gasteiger partial charge on any atom is -0.302 e. The molecule has 1 heterocycles. The van der Waals surface area contributed by atoms with Gasteiger partial charge in [-0.2, -0.15) is 0 Å². The third-order valence-electron chi connectivity index (χ3n) is 2.16. The van der Waals surface area contributed by atoms with Crippen molar-refractivity contribution in [3.63, 3.8) is 0 Å². The fraction of sp³-hybridized carbons (Fsp3) is 1.00. The molecule has 4 nitrogen and oxygen atoms in total. The van der Waals surface area contributed by atoms with Crippen molar-refractivity contribution in [2.45, 2.75) is 19.9 Å². The highest BCUT2D eigenvalue weighted by molar-refractivity contribution is 7.91. The van der Waals surface area contributed by atoms with Gasteiger partial charge in [-0.25, -0.2) is 8.42 Å². The molecule has 1 fully saturated rings. The van der Waals surface area contributed by atoms with E-state index in [-0.39, 0.29) is 0 Å². The fourth-order valence-corrected chi connectivity index (χ4v) is 2.50. The van der Waals surface area contributed by atoms with Crippen molar-refractivity contribution in [2.75, 3.05) is 31.3 Å². The Hall–Kier alpha value is -0.130. The van der Waals surface area contributed by atoms with Gasteiger partial charge in [0.25, 0.3) is 0 Å². The Labute approximate surface area is 80.2 Å². The Balaban J connectivity index is 2.26. The van der Waals surface area contributed by atoms with E-state index in [0.29, 0.717) is 30.6 Å². The molecule has 0 spiro atoms. The predicted octanol–water partition coefficient (Wildman–Crippen LogP) is -0.328. The highest BCUT2D eigenvalue weighted by atomic mass is 32.2. The van der Waals surface area contributed by atoms with Crippen molar-refractivity contribution in [1.82, 2.24) is 10.2 Å². The second-order valence-electron chi connectivity index (χ2n) is 3.79. The standard InChI is InChI=1S/C8H18N2O2S/c1-8(2)9-7-10-3-5-13(11,12)6-4-10/h8-9H,3-7H2,1-2H3. The molecule has 0 bridgehead atoms. The summed E-state index contributed by atoms with van der Waals surface area (Å²) in [4.78, 5) is 2.14. The van der Waals surface area contributed by atoms with E-state index in [1.54, 1.807) is 0 Å². The first kappa shape index (κ1) is 10.9. The van der Waals surface area contributed by atoms with Gasteiger partial charge < -0.3 is 5.32 Å². The quantitative estimate of drug-likeness (QED) is 0.687. The van der Waals surface area contributed by atoms with Crippen LogP contribution in [-0.2, 0) is 9.84 Å². The highest BCUT2D eigenvalue weighted by Gasteiger charge is 2.20. The van der Waals surface area contributed by atoms with Gasteiger partial charge >= 0.3 is 0 Å². The molecule has 0 atom stereocenters. The molecule has 0 aromatic heterocycles. The van der Waals surface area contributed by atoms with Gasteiger partial charge in [0.1, 0.15) is 0 Å². The van der Waals surface area contributed by atoms with E-state index in [4.69, 9.17) is 0 Å². The molecule has 78 valence electrons. The zero-order valence-electron chi connectivity index (χ0n) is 8.28. The molecule has 1 saturated heterocycles. The second-order valence-corrected chi connectivity index (χ2v) is 6.09. The molecule has 0 aromatic rings. The lowest BCUT2D eigenvalue weighted by atomic mass is 10.4. The molecule has 1 aliphatic rings. The third-order valence-corrected chi connectivity index (χ3v) is 3.77. The van der Waals surface area contributed by atoms with Gasteiger partial charge in [-0.3, -0.25) is 4.90 Å². The van der Waals surface area contributed by atoms with Gasteiger partial charge in [0, 0.05) is 25.8 Å². The van der Waals surface area contributed by atoms with Crippen molar-refractivity contribution in [2.24, 2.45) is 0 Å². The first-order valence-corrected chi connectivity index (χ1v) is 6.48. The molecule has 0 saturated carbocycles. The van der Waals surface area contributed by atoms with Crippen molar-refractivity contribution >= 4 is 9.84 Å². The summed E-state index contributed by atoms with van der Waals surface area (Å²) in [5, 5.41) is 3.27. The summed E-state index contributed by atoms with van der Waals surface area (Å²) in [5.74, 6) is 0.625. The number of sulfone groups is 1. The average Bonchev–Trinajstić information content (AvgIpc) is 2.02. The summed E-state index contributed by atoms with van der Waals surface area (Å²) >= 11 is 0. The van der Waals surface area contributed by atoms with Crippen LogP contribution in [0.3, 0.4) is 0 Å². The average molecular weight is 206 g/mol. The Morgan fingerprint density at radius 1 is 1.31 bits per heavy atom. The van der Waals surface area contributed by atoms with E-state index < -0.39 is 9.84 Å². The van der Waals surface area contributed by atoms with Gasteiger partial charge in [0.05, 0.1) is 11.5 Å². The summed E-state index contributed by atoms with van der Waals surface area (Å²) in [6.45, 7) is 6.30. The van der Waals surface area contributed by atoms with E-state index >= 15 is 0 Å². The Kier molecular flexibility index (Phi) is 3.70. The van der Waals surface area contributed by atoms with Gasteiger partial charge in [-0.1, -0.05) is 0 Å². The van der Waals surface area contributed by atoms with E-state index in [1.165, 1.54) is 0 Å². The second kappa shape index (κ2) is 4.39. The zero-order chi connectivity index (χ0) is 9.90. The Morgan fingerprint density at radius 3 is 2.31 bits per heavy atom. The summed E-state index contributed by atoms with van der Waals surface area (Å²) in [6, 6.07) is 0.457. The smallest absolute Gasteiger partial charge is 0.152 e. The van der Waals surface area contributed by atoms with Crippen LogP contribution >= 0.6 is 0 Å². The monoisotopic (exact) mass is 206 g/mol. The molecule has 0 unspecified atom stereocenters. The molecule has 0 radical (unpaired) electrons. The maximum Gasteiger partial charge on any atom is 0.152 e. The van der Waals surface area contributed by atoms with E-state index in [2.05, 4.69) is 24.1 Å². The van der Waals surface area contributed by atoms with Crippen LogP contribution in [0.1, 0.15) is 13.8 Å². The number of rotatable bonds is 3. The van der Waals surface area contributed by atoms with Crippen molar-refractivity contribution in [1.29, 1.82) is 0 Å². The summed E-state index contributed by atoms with van der Waals surface area (Å²) in [5.41, 5.74) is 0. The molecule has 1 rings (SSSR count). The van der Waals surface area contributed by atoms with Crippen LogP contribution < -0.4 is 5.32 Å². The largest absolute Gasteiger partial charge is 0.302 e. The molecular formula is C8H18N2O2S. The van der Waals surface area contributed by atoms with Crippen LogP contribution in [0.25, 0.3) is 0 Å².